The first-order valence-electron chi connectivity index (χ1n) is 5.81. The van der Waals surface area contributed by atoms with Gasteiger partial charge in [0.15, 0.2) is 0 Å². The van der Waals surface area contributed by atoms with E-state index in [0.29, 0.717) is 5.56 Å². The van der Waals surface area contributed by atoms with Crippen LogP contribution < -0.4 is 9.64 Å². The van der Waals surface area contributed by atoms with E-state index in [1.165, 1.54) is 0 Å². The average molecular weight is 234 g/mol. The van der Waals surface area contributed by atoms with Crippen molar-refractivity contribution in [2.24, 2.45) is 0 Å². The lowest BCUT2D eigenvalue weighted by atomic mass is 10.1. The maximum absolute atomic E-state index is 10.7. The number of likely N-dealkylation sites (N-methyl/N-ethyl adjacent to an activating group) is 1. The van der Waals surface area contributed by atoms with E-state index in [1.807, 2.05) is 12.1 Å². The van der Waals surface area contributed by atoms with Gasteiger partial charge in [-0.15, -0.1) is 0 Å². The molecule has 0 atom stereocenters. The highest BCUT2D eigenvalue weighted by Crippen LogP contribution is 2.29. The summed E-state index contributed by atoms with van der Waals surface area (Å²) in [6.07, 6.45) is 0.844. The summed E-state index contributed by atoms with van der Waals surface area (Å²) in [5.74, 6) is 0.777. The van der Waals surface area contributed by atoms with Crippen LogP contribution in [0.1, 0.15) is 10.4 Å². The molecule has 0 spiro atoms. The van der Waals surface area contributed by atoms with Gasteiger partial charge in [0.1, 0.15) is 12.0 Å². The number of piperazine rings is 1. The predicted molar refractivity (Wildman–Crippen MR) is 68.1 cm³/mol. The van der Waals surface area contributed by atoms with Crippen molar-refractivity contribution < 1.29 is 9.53 Å². The monoisotopic (exact) mass is 234 g/mol. The molecule has 1 aromatic rings. The van der Waals surface area contributed by atoms with Gasteiger partial charge >= 0.3 is 0 Å². The van der Waals surface area contributed by atoms with Crippen molar-refractivity contribution in [3.05, 3.63) is 23.8 Å². The van der Waals surface area contributed by atoms with Crippen molar-refractivity contribution in [2.45, 2.75) is 0 Å². The normalized spacial score (nSPS) is 16.9. The highest BCUT2D eigenvalue weighted by Gasteiger charge is 2.17. The standard InChI is InChI=1S/C13H18N2O2/c1-14-5-7-15(8-6-14)12-4-3-11(10-16)9-13(12)17-2/h3-4,9-10H,5-8H2,1-2H3. The molecule has 1 aromatic carbocycles. The van der Waals surface area contributed by atoms with E-state index in [4.69, 9.17) is 4.74 Å². The zero-order chi connectivity index (χ0) is 12.3. The van der Waals surface area contributed by atoms with Crippen LogP contribution in [0.25, 0.3) is 0 Å². The minimum atomic E-state index is 0.653. The second kappa shape index (κ2) is 5.19. The molecule has 4 heteroatoms. The van der Waals surface area contributed by atoms with E-state index in [2.05, 4.69) is 16.8 Å². The summed E-state index contributed by atoms with van der Waals surface area (Å²) in [5.41, 5.74) is 1.73. The number of aldehydes is 1. The number of carbonyl (C=O) groups excluding carboxylic acids is 1. The molecule has 17 heavy (non-hydrogen) atoms. The second-order valence-corrected chi connectivity index (χ2v) is 4.34. The van der Waals surface area contributed by atoms with Crippen LogP contribution in [0.5, 0.6) is 5.75 Å². The summed E-state index contributed by atoms with van der Waals surface area (Å²) in [7, 11) is 3.77. The van der Waals surface area contributed by atoms with Crippen LogP contribution in [0.2, 0.25) is 0 Å². The van der Waals surface area contributed by atoms with Crippen LogP contribution in [0.3, 0.4) is 0 Å². The van der Waals surface area contributed by atoms with Crippen LogP contribution in [0.4, 0.5) is 5.69 Å². The molecule has 1 fully saturated rings. The number of benzene rings is 1. The fourth-order valence-corrected chi connectivity index (χ4v) is 2.08. The summed E-state index contributed by atoms with van der Waals surface area (Å²) < 4.78 is 5.35. The molecule has 2 rings (SSSR count). The Morgan fingerprint density at radius 1 is 1.24 bits per heavy atom. The molecule has 1 saturated heterocycles. The molecule has 1 aliphatic heterocycles. The minimum Gasteiger partial charge on any atom is -0.495 e. The van der Waals surface area contributed by atoms with Gasteiger partial charge in [-0.05, 0) is 25.2 Å². The molecule has 92 valence electrons. The molecule has 0 aromatic heterocycles. The molecule has 1 heterocycles. The van der Waals surface area contributed by atoms with Crippen LogP contribution in [-0.4, -0.2) is 51.5 Å². The fraction of sp³-hybridized carbons (Fsp3) is 0.462. The summed E-state index contributed by atoms with van der Waals surface area (Å²) in [6, 6.07) is 5.59. The van der Waals surface area contributed by atoms with Gasteiger partial charge in [-0.1, -0.05) is 0 Å². The summed E-state index contributed by atoms with van der Waals surface area (Å²) in [5, 5.41) is 0. The summed E-state index contributed by atoms with van der Waals surface area (Å²) in [4.78, 5) is 15.3. The van der Waals surface area contributed by atoms with E-state index in [1.54, 1.807) is 13.2 Å². The van der Waals surface area contributed by atoms with E-state index >= 15 is 0 Å². The van der Waals surface area contributed by atoms with Crippen molar-refractivity contribution in [3.8, 4) is 5.75 Å². The van der Waals surface area contributed by atoms with Crippen molar-refractivity contribution >= 4 is 12.0 Å². The number of hydrogen-bond acceptors (Lipinski definition) is 4. The third-order valence-corrected chi connectivity index (χ3v) is 3.18. The van der Waals surface area contributed by atoms with Crippen molar-refractivity contribution in [1.29, 1.82) is 0 Å². The molecular formula is C13H18N2O2. The first-order valence-corrected chi connectivity index (χ1v) is 5.81. The molecule has 0 radical (unpaired) electrons. The average Bonchev–Trinajstić information content (AvgIpc) is 2.39. The minimum absolute atomic E-state index is 0.653. The van der Waals surface area contributed by atoms with Crippen LogP contribution in [0, 0.1) is 0 Å². The summed E-state index contributed by atoms with van der Waals surface area (Å²) in [6.45, 7) is 4.10. The van der Waals surface area contributed by atoms with E-state index in [-0.39, 0.29) is 0 Å². The van der Waals surface area contributed by atoms with Gasteiger partial charge in [-0.25, -0.2) is 0 Å². The highest BCUT2D eigenvalue weighted by molar-refractivity contribution is 5.78. The first-order chi connectivity index (χ1) is 8.24. The van der Waals surface area contributed by atoms with Crippen molar-refractivity contribution in [3.63, 3.8) is 0 Å². The number of rotatable bonds is 3. The van der Waals surface area contributed by atoms with Crippen LogP contribution in [-0.2, 0) is 0 Å². The third-order valence-electron chi connectivity index (χ3n) is 3.18. The second-order valence-electron chi connectivity index (χ2n) is 4.34. The van der Waals surface area contributed by atoms with Crippen LogP contribution >= 0.6 is 0 Å². The van der Waals surface area contributed by atoms with Crippen molar-refractivity contribution in [2.75, 3.05) is 45.2 Å². The maximum atomic E-state index is 10.7. The van der Waals surface area contributed by atoms with Gasteiger partial charge in [-0.3, -0.25) is 4.79 Å². The smallest absolute Gasteiger partial charge is 0.150 e. The van der Waals surface area contributed by atoms with Crippen LogP contribution in [0.15, 0.2) is 18.2 Å². The molecule has 1 aliphatic rings. The largest absolute Gasteiger partial charge is 0.495 e. The Balaban J connectivity index is 2.22. The summed E-state index contributed by atoms with van der Waals surface area (Å²) >= 11 is 0. The molecule has 0 saturated carbocycles. The predicted octanol–water partition coefficient (Wildman–Crippen LogP) is 1.26. The van der Waals surface area contributed by atoms with E-state index < -0.39 is 0 Å². The van der Waals surface area contributed by atoms with Gasteiger partial charge < -0.3 is 14.5 Å². The van der Waals surface area contributed by atoms with Gasteiger partial charge in [-0.2, -0.15) is 0 Å². The quantitative estimate of drug-likeness (QED) is 0.737. The molecular weight excluding hydrogens is 216 g/mol. The molecule has 0 N–H and O–H groups in total. The molecule has 0 unspecified atom stereocenters. The number of anilines is 1. The Bertz CT molecular complexity index is 398. The Labute approximate surface area is 102 Å². The molecule has 0 bridgehead atoms. The lowest BCUT2D eigenvalue weighted by Crippen LogP contribution is -2.44. The molecule has 0 aliphatic carbocycles. The van der Waals surface area contributed by atoms with E-state index in [9.17, 15) is 4.79 Å². The third kappa shape index (κ3) is 2.58. The zero-order valence-electron chi connectivity index (χ0n) is 10.3. The number of hydrogen-bond donors (Lipinski definition) is 0. The van der Waals surface area contributed by atoms with E-state index in [0.717, 1.165) is 43.9 Å². The van der Waals surface area contributed by atoms with Gasteiger partial charge in [0.25, 0.3) is 0 Å². The lowest BCUT2D eigenvalue weighted by molar-refractivity contribution is 0.112. The SMILES string of the molecule is COc1cc(C=O)ccc1N1CCN(C)CC1. The Hall–Kier alpha value is -1.55. The fourth-order valence-electron chi connectivity index (χ4n) is 2.08. The number of nitrogens with zero attached hydrogens (tertiary/aromatic N) is 2. The number of methoxy groups -OCH3 is 1. The topological polar surface area (TPSA) is 32.8 Å². The zero-order valence-corrected chi connectivity index (χ0v) is 10.3. The first kappa shape index (κ1) is 11.9. The number of ether oxygens (including phenoxy) is 1. The van der Waals surface area contributed by atoms with Gasteiger partial charge in [0.05, 0.1) is 12.8 Å². The Kier molecular flexibility index (Phi) is 3.64. The van der Waals surface area contributed by atoms with Gasteiger partial charge in [0.2, 0.25) is 0 Å². The van der Waals surface area contributed by atoms with Gasteiger partial charge in [0, 0.05) is 31.7 Å². The Morgan fingerprint density at radius 3 is 2.53 bits per heavy atom. The molecule has 0 amide bonds. The number of carbonyl (C=O) groups is 1. The molecule has 4 nitrogen and oxygen atoms in total. The lowest BCUT2D eigenvalue weighted by Gasteiger charge is -2.34. The highest BCUT2D eigenvalue weighted by atomic mass is 16.5. The van der Waals surface area contributed by atoms with Crippen molar-refractivity contribution in [1.82, 2.24) is 4.90 Å². The Morgan fingerprint density at radius 2 is 1.94 bits per heavy atom. The maximum Gasteiger partial charge on any atom is 0.150 e.